The number of carbonyl (C=O) groups is 2. The van der Waals surface area contributed by atoms with Crippen molar-refractivity contribution in [2.24, 2.45) is 0 Å². The number of nitrogens with zero attached hydrogens (tertiary/aromatic N) is 4. The van der Waals surface area contributed by atoms with Crippen molar-refractivity contribution in [3.05, 3.63) is 126 Å². The van der Waals surface area contributed by atoms with Gasteiger partial charge in [0.1, 0.15) is 18.1 Å². The number of hydrogen-bond acceptors (Lipinski definition) is 4. The van der Waals surface area contributed by atoms with E-state index < -0.39 is 6.04 Å². The summed E-state index contributed by atoms with van der Waals surface area (Å²) in [4.78, 5) is 29.4. The molecule has 184 valence electrons. The summed E-state index contributed by atoms with van der Waals surface area (Å²) in [5.74, 6) is -0.538. The van der Waals surface area contributed by atoms with Crippen molar-refractivity contribution in [1.82, 2.24) is 20.3 Å². The molecule has 0 spiro atoms. The van der Waals surface area contributed by atoms with Gasteiger partial charge in [-0.3, -0.25) is 14.5 Å². The highest BCUT2D eigenvalue weighted by molar-refractivity contribution is 6.01. The highest BCUT2D eigenvalue weighted by atomic mass is 16.2. The van der Waals surface area contributed by atoms with Crippen LogP contribution in [0.4, 0.5) is 5.69 Å². The maximum Gasteiger partial charge on any atom is 0.249 e. The van der Waals surface area contributed by atoms with Crippen LogP contribution >= 0.6 is 0 Å². The number of aromatic nitrogens is 3. The molecule has 0 fully saturated rings. The van der Waals surface area contributed by atoms with Crippen LogP contribution in [-0.4, -0.2) is 26.8 Å². The zero-order chi connectivity index (χ0) is 25.6. The Kier molecular flexibility index (Phi) is 7.03. The molecule has 0 aliphatic rings. The number of nitrogens with one attached hydrogen (secondary N) is 1. The van der Waals surface area contributed by atoms with E-state index in [-0.39, 0.29) is 18.4 Å². The quantitative estimate of drug-likeness (QED) is 0.339. The van der Waals surface area contributed by atoms with Crippen LogP contribution in [0.5, 0.6) is 0 Å². The highest BCUT2D eigenvalue weighted by Gasteiger charge is 2.34. The summed E-state index contributed by atoms with van der Waals surface area (Å²) in [6.45, 7) is 2.24. The lowest BCUT2D eigenvalue weighted by atomic mass is 9.98. The largest absolute Gasteiger partial charge is 0.350 e. The molecular formula is C30H27N5O2. The molecule has 7 nitrogen and oxygen atoms in total. The number of fused-ring (bicyclic) bond motifs is 1. The number of amides is 2. The van der Waals surface area contributed by atoms with Crippen molar-refractivity contribution in [2.45, 2.75) is 26.1 Å². The Balaban J connectivity index is 1.54. The molecule has 1 N–H and O–H groups in total. The van der Waals surface area contributed by atoms with Crippen LogP contribution in [-0.2, 0) is 22.7 Å². The van der Waals surface area contributed by atoms with Crippen LogP contribution in [0.2, 0.25) is 0 Å². The van der Waals surface area contributed by atoms with Gasteiger partial charge in [-0.05, 0) is 47.9 Å². The smallest absolute Gasteiger partial charge is 0.249 e. The Hall–Kier alpha value is -4.78. The summed E-state index contributed by atoms with van der Waals surface area (Å²) in [6.07, 6.45) is 0. The molecular weight excluding hydrogens is 462 g/mol. The van der Waals surface area contributed by atoms with Gasteiger partial charge in [0.2, 0.25) is 11.8 Å². The number of para-hydroxylation sites is 2. The molecule has 0 bridgehead atoms. The second-order valence-electron chi connectivity index (χ2n) is 8.80. The van der Waals surface area contributed by atoms with Crippen LogP contribution < -0.4 is 10.2 Å². The number of carbonyl (C=O) groups excluding carboxylic acids is 2. The Labute approximate surface area is 215 Å². The first-order chi connectivity index (χ1) is 18.1. The average Bonchev–Trinajstić information content (AvgIpc) is 3.34. The molecule has 1 heterocycles. The summed E-state index contributed by atoms with van der Waals surface area (Å²) in [5.41, 5.74) is 4.74. The summed E-state index contributed by atoms with van der Waals surface area (Å²) < 4.78 is 1.57. The van der Waals surface area contributed by atoms with E-state index in [0.717, 1.165) is 22.2 Å². The average molecular weight is 490 g/mol. The second-order valence-corrected chi connectivity index (χ2v) is 8.80. The van der Waals surface area contributed by atoms with E-state index in [9.17, 15) is 9.59 Å². The van der Waals surface area contributed by atoms with E-state index in [1.807, 2.05) is 116 Å². The minimum absolute atomic E-state index is 0.0657. The maximum atomic E-state index is 14.0. The fourth-order valence-electron chi connectivity index (χ4n) is 4.44. The topological polar surface area (TPSA) is 80.1 Å². The van der Waals surface area contributed by atoms with Gasteiger partial charge in [0.25, 0.3) is 0 Å². The molecule has 4 aromatic carbocycles. The predicted molar refractivity (Wildman–Crippen MR) is 144 cm³/mol. The van der Waals surface area contributed by atoms with Crippen LogP contribution in [0.15, 0.2) is 109 Å². The van der Waals surface area contributed by atoms with Gasteiger partial charge in [0.05, 0.1) is 5.52 Å². The van der Waals surface area contributed by atoms with Crippen molar-refractivity contribution in [1.29, 1.82) is 0 Å². The van der Waals surface area contributed by atoms with E-state index in [1.54, 1.807) is 9.58 Å². The third-order valence-corrected chi connectivity index (χ3v) is 6.31. The van der Waals surface area contributed by atoms with E-state index >= 15 is 0 Å². The number of aryl methyl sites for hydroxylation is 1. The molecule has 0 radical (unpaired) electrons. The fourth-order valence-corrected chi connectivity index (χ4v) is 4.44. The van der Waals surface area contributed by atoms with Crippen LogP contribution in [0.25, 0.3) is 11.0 Å². The Morgan fingerprint density at radius 3 is 2.24 bits per heavy atom. The Bertz CT molecular complexity index is 1520. The van der Waals surface area contributed by atoms with Crippen molar-refractivity contribution >= 4 is 28.5 Å². The first-order valence-electron chi connectivity index (χ1n) is 12.1. The van der Waals surface area contributed by atoms with Gasteiger partial charge in [0, 0.05) is 12.2 Å². The molecule has 0 saturated carbocycles. The van der Waals surface area contributed by atoms with Gasteiger partial charge in [-0.25, -0.2) is 4.68 Å². The van der Waals surface area contributed by atoms with Crippen LogP contribution in [0, 0.1) is 6.92 Å². The molecule has 2 amide bonds. The third-order valence-electron chi connectivity index (χ3n) is 6.31. The lowest BCUT2D eigenvalue weighted by molar-refractivity contribution is -0.127. The second kappa shape index (κ2) is 10.9. The van der Waals surface area contributed by atoms with Gasteiger partial charge in [-0.1, -0.05) is 90.1 Å². The van der Waals surface area contributed by atoms with Crippen molar-refractivity contribution in [2.75, 3.05) is 4.90 Å². The molecule has 0 aliphatic heterocycles. The molecule has 0 unspecified atom stereocenters. The number of anilines is 1. The van der Waals surface area contributed by atoms with Gasteiger partial charge in [-0.15, -0.1) is 5.10 Å². The summed E-state index contributed by atoms with van der Waals surface area (Å²) in [6, 6.07) is 33.3. The molecule has 5 aromatic rings. The molecule has 1 aromatic heterocycles. The van der Waals surface area contributed by atoms with Gasteiger partial charge < -0.3 is 5.32 Å². The minimum Gasteiger partial charge on any atom is -0.350 e. The first kappa shape index (κ1) is 23.9. The van der Waals surface area contributed by atoms with Crippen molar-refractivity contribution < 1.29 is 9.59 Å². The van der Waals surface area contributed by atoms with Crippen LogP contribution in [0.1, 0.15) is 22.7 Å². The minimum atomic E-state index is -0.880. The van der Waals surface area contributed by atoms with Gasteiger partial charge in [-0.2, -0.15) is 0 Å². The molecule has 1 atom stereocenters. The predicted octanol–water partition coefficient (Wildman–Crippen LogP) is 4.83. The SMILES string of the molecule is Cc1ccccc1[C@H](C(=O)NCc1ccccc1)N(C(=O)Cn1nnc2ccccc21)c1ccccc1. The van der Waals surface area contributed by atoms with E-state index in [0.29, 0.717) is 17.7 Å². The van der Waals surface area contributed by atoms with Crippen molar-refractivity contribution in [3.63, 3.8) is 0 Å². The highest BCUT2D eigenvalue weighted by Crippen LogP contribution is 2.30. The summed E-state index contributed by atoms with van der Waals surface area (Å²) in [5, 5.41) is 11.4. The molecule has 0 saturated heterocycles. The molecule has 0 aliphatic carbocycles. The number of rotatable bonds is 8. The van der Waals surface area contributed by atoms with E-state index in [2.05, 4.69) is 15.6 Å². The number of benzene rings is 4. The lowest BCUT2D eigenvalue weighted by Gasteiger charge is -2.32. The van der Waals surface area contributed by atoms with E-state index in [4.69, 9.17) is 0 Å². The summed E-state index contributed by atoms with van der Waals surface area (Å²) in [7, 11) is 0. The van der Waals surface area contributed by atoms with Gasteiger partial charge in [0.15, 0.2) is 0 Å². The third kappa shape index (κ3) is 5.26. The van der Waals surface area contributed by atoms with Gasteiger partial charge >= 0.3 is 0 Å². The fraction of sp³-hybridized carbons (Fsp3) is 0.133. The first-order valence-corrected chi connectivity index (χ1v) is 12.1. The Morgan fingerprint density at radius 1 is 0.838 bits per heavy atom. The molecule has 37 heavy (non-hydrogen) atoms. The number of hydrogen-bond donors (Lipinski definition) is 1. The zero-order valence-corrected chi connectivity index (χ0v) is 20.5. The summed E-state index contributed by atoms with van der Waals surface area (Å²) >= 11 is 0. The molecule has 5 rings (SSSR count). The van der Waals surface area contributed by atoms with Crippen molar-refractivity contribution in [3.8, 4) is 0 Å². The lowest BCUT2D eigenvalue weighted by Crippen LogP contribution is -2.45. The van der Waals surface area contributed by atoms with E-state index in [1.165, 1.54) is 0 Å². The molecule has 7 heteroatoms. The maximum absolute atomic E-state index is 14.0. The van der Waals surface area contributed by atoms with Crippen LogP contribution in [0.3, 0.4) is 0 Å². The zero-order valence-electron chi connectivity index (χ0n) is 20.5. The monoisotopic (exact) mass is 489 g/mol. The normalized spacial score (nSPS) is 11.7. The standard InChI is InChI=1S/C30H27N5O2/c1-22-12-8-9-17-25(22)29(30(37)31-20-23-13-4-2-5-14-23)35(24-15-6-3-7-16-24)28(36)21-34-27-19-11-10-18-26(27)32-33-34/h2-19,29H,20-21H2,1H3,(H,31,37)/t29-/m1/s1. The Morgan fingerprint density at radius 2 is 1.49 bits per heavy atom.